The van der Waals surface area contributed by atoms with Crippen LogP contribution in [-0.4, -0.2) is 36.1 Å². The maximum atomic E-state index is 7.36. The first-order valence-corrected chi connectivity index (χ1v) is 11.8. The highest BCUT2D eigenvalue weighted by molar-refractivity contribution is 5.86. The number of nitrogens with zero attached hydrogens (tertiary/aromatic N) is 3. The fourth-order valence-electron chi connectivity index (χ4n) is 5.06. The molecule has 1 aromatic heterocycles. The summed E-state index contributed by atoms with van der Waals surface area (Å²) in [4.78, 5) is 11.3. The number of hydrogen-bond acceptors (Lipinski definition) is 3. The Bertz CT molecular complexity index is 1120. The number of nitrogens with one attached hydrogen (secondary N) is 1. The Labute approximate surface area is 191 Å². The van der Waals surface area contributed by atoms with Gasteiger partial charge < -0.3 is 10.2 Å². The minimum Gasteiger partial charge on any atom is -0.369 e. The van der Waals surface area contributed by atoms with Crippen molar-refractivity contribution in [3.8, 4) is 11.1 Å². The molecule has 1 N–H and O–H groups in total. The summed E-state index contributed by atoms with van der Waals surface area (Å²) in [6.07, 6.45) is 6.90. The van der Waals surface area contributed by atoms with Gasteiger partial charge in [-0.25, -0.2) is 9.83 Å². The van der Waals surface area contributed by atoms with Crippen LogP contribution < -0.4 is 5.32 Å². The normalized spacial score (nSPS) is 15.1. The third-order valence-electron chi connectivity index (χ3n) is 6.64. The highest BCUT2D eigenvalue weighted by Crippen LogP contribution is 2.42. The van der Waals surface area contributed by atoms with Crippen LogP contribution in [0.1, 0.15) is 48.1 Å². The molecule has 1 aliphatic carbocycles. The summed E-state index contributed by atoms with van der Waals surface area (Å²) in [5.74, 6) is 1.00. The molecule has 162 valence electrons. The lowest BCUT2D eigenvalue weighted by molar-refractivity contribution is 0.228. The van der Waals surface area contributed by atoms with Crippen LogP contribution in [0.4, 0.5) is 11.5 Å². The summed E-state index contributed by atoms with van der Waals surface area (Å²) < 4.78 is 0. The predicted molar refractivity (Wildman–Crippen MR) is 131 cm³/mol. The zero-order valence-corrected chi connectivity index (χ0v) is 18.6. The van der Waals surface area contributed by atoms with E-state index in [1.165, 1.54) is 60.2 Å². The second-order valence-electron chi connectivity index (χ2n) is 8.97. The number of fused-ring (bicyclic) bond motifs is 3. The number of benzene rings is 2. The van der Waals surface area contributed by atoms with Crippen molar-refractivity contribution in [2.45, 2.75) is 38.5 Å². The second-order valence-corrected chi connectivity index (χ2v) is 8.97. The zero-order valence-electron chi connectivity index (χ0n) is 18.6. The molecule has 4 heteroatoms. The van der Waals surface area contributed by atoms with Crippen molar-refractivity contribution in [2.24, 2.45) is 0 Å². The Morgan fingerprint density at radius 3 is 2.62 bits per heavy atom. The van der Waals surface area contributed by atoms with Gasteiger partial charge in [-0.15, -0.1) is 0 Å². The van der Waals surface area contributed by atoms with Crippen LogP contribution in [0.5, 0.6) is 0 Å². The van der Waals surface area contributed by atoms with Crippen molar-refractivity contribution < 1.29 is 0 Å². The standard InChI is InChI=1S/C28H30N4/c1-29-24-11-12-26-22(19-24)18-23-20-25(17-21-9-4-2-5-10-21)31-28(27(23)26)30-13-8-16-32-14-6-3-7-15-32/h2,4-5,9-12,19-20H,3,6-8,13-18H2,(H,30,31). The van der Waals surface area contributed by atoms with E-state index in [4.69, 9.17) is 11.6 Å². The van der Waals surface area contributed by atoms with E-state index in [1.54, 1.807) is 0 Å². The molecule has 1 saturated heterocycles. The topological polar surface area (TPSA) is 32.5 Å². The van der Waals surface area contributed by atoms with Crippen molar-refractivity contribution in [1.82, 2.24) is 9.88 Å². The first-order chi connectivity index (χ1) is 15.8. The maximum absolute atomic E-state index is 7.36. The fraction of sp³-hybridized carbons (Fsp3) is 0.357. The van der Waals surface area contributed by atoms with Gasteiger partial charge in [-0.3, -0.25) is 0 Å². The average molecular weight is 423 g/mol. The highest BCUT2D eigenvalue weighted by Gasteiger charge is 2.24. The van der Waals surface area contributed by atoms with Crippen LogP contribution in [-0.2, 0) is 12.8 Å². The molecule has 32 heavy (non-hydrogen) atoms. The molecule has 2 heterocycles. The SMILES string of the molecule is [C-]#[N+]c1ccc2c(c1)Cc1cc(Cc3ccccc3)nc(NCCCN3CCCCC3)c1-2. The molecule has 2 aromatic carbocycles. The van der Waals surface area contributed by atoms with Crippen molar-refractivity contribution in [2.75, 3.05) is 31.5 Å². The average Bonchev–Trinajstić information content (AvgIpc) is 3.20. The molecule has 0 bridgehead atoms. The molecule has 1 fully saturated rings. The number of rotatable bonds is 7. The van der Waals surface area contributed by atoms with Gasteiger partial charge in [-0.05, 0) is 73.6 Å². The van der Waals surface area contributed by atoms with Gasteiger partial charge in [0.05, 0.1) is 6.57 Å². The number of aromatic nitrogens is 1. The van der Waals surface area contributed by atoms with Crippen LogP contribution in [0.15, 0.2) is 54.6 Å². The number of likely N-dealkylation sites (tertiary alicyclic amines) is 1. The summed E-state index contributed by atoms with van der Waals surface area (Å²) in [5.41, 5.74) is 8.11. The smallest absolute Gasteiger partial charge is 0.187 e. The second kappa shape index (κ2) is 9.54. The molecular weight excluding hydrogens is 392 g/mol. The highest BCUT2D eigenvalue weighted by atomic mass is 15.1. The van der Waals surface area contributed by atoms with Gasteiger partial charge in [0.2, 0.25) is 0 Å². The molecule has 0 saturated carbocycles. The molecule has 1 aliphatic heterocycles. The lowest BCUT2D eigenvalue weighted by Crippen LogP contribution is -2.31. The molecular formula is C28H30N4. The monoisotopic (exact) mass is 422 g/mol. The Kier molecular flexibility index (Phi) is 6.18. The van der Waals surface area contributed by atoms with Crippen molar-refractivity contribution in [1.29, 1.82) is 0 Å². The molecule has 0 spiro atoms. The van der Waals surface area contributed by atoms with E-state index in [2.05, 4.69) is 57.5 Å². The van der Waals surface area contributed by atoms with E-state index in [0.29, 0.717) is 5.69 Å². The van der Waals surface area contributed by atoms with Crippen molar-refractivity contribution in [3.05, 3.63) is 88.4 Å². The number of hydrogen-bond donors (Lipinski definition) is 1. The number of anilines is 1. The van der Waals surface area contributed by atoms with E-state index in [0.717, 1.165) is 43.9 Å². The van der Waals surface area contributed by atoms with Gasteiger partial charge in [0.25, 0.3) is 0 Å². The van der Waals surface area contributed by atoms with Crippen LogP contribution in [0.25, 0.3) is 16.0 Å². The third kappa shape index (κ3) is 4.54. The Morgan fingerprint density at radius 2 is 1.81 bits per heavy atom. The lowest BCUT2D eigenvalue weighted by atomic mass is 10.0. The number of pyridine rings is 1. The van der Waals surface area contributed by atoms with Crippen LogP contribution in [0.2, 0.25) is 0 Å². The van der Waals surface area contributed by atoms with Gasteiger partial charge in [0.15, 0.2) is 5.69 Å². The van der Waals surface area contributed by atoms with Crippen molar-refractivity contribution in [3.63, 3.8) is 0 Å². The predicted octanol–water partition coefficient (Wildman–Crippen LogP) is 6.08. The zero-order chi connectivity index (χ0) is 21.8. The van der Waals surface area contributed by atoms with Crippen molar-refractivity contribution >= 4 is 11.5 Å². The van der Waals surface area contributed by atoms with Gasteiger partial charge >= 0.3 is 0 Å². The lowest BCUT2D eigenvalue weighted by Gasteiger charge is -2.26. The molecule has 0 radical (unpaired) electrons. The van der Waals surface area contributed by atoms with Gasteiger partial charge in [-0.2, -0.15) is 0 Å². The van der Waals surface area contributed by atoms with E-state index < -0.39 is 0 Å². The van der Waals surface area contributed by atoms with E-state index in [9.17, 15) is 0 Å². The maximum Gasteiger partial charge on any atom is 0.187 e. The van der Waals surface area contributed by atoms with Crippen LogP contribution in [0.3, 0.4) is 0 Å². The molecule has 3 aromatic rings. The van der Waals surface area contributed by atoms with E-state index in [1.807, 2.05) is 12.1 Å². The molecule has 0 amide bonds. The summed E-state index contributed by atoms with van der Waals surface area (Å²) in [7, 11) is 0. The molecule has 5 rings (SSSR count). The largest absolute Gasteiger partial charge is 0.369 e. The summed E-state index contributed by atoms with van der Waals surface area (Å²) in [6.45, 7) is 11.9. The Morgan fingerprint density at radius 1 is 0.969 bits per heavy atom. The van der Waals surface area contributed by atoms with Crippen LogP contribution in [0, 0.1) is 6.57 Å². The fourth-order valence-corrected chi connectivity index (χ4v) is 5.06. The van der Waals surface area contributed by atoms with E-state index in [-0.39, 0.29) is 0 Å². The summed E-state index contributed by atoms with van der Waals surface area (Å²) >= 11 is 0. The Balaban J connectivity index is 1.38. The summed E-state index contributed by atoms with van der Waals surface area (Å²) in [6, 6.07) is 18.9. The molecule has 0 unspecified atom stereocenters. The molecule has 0 atom stereocenters. The van der Waals surface area contributed by atoms with Gasteiger partial charge in [-0.1, -0.05) is 55.0 Å². The first kappa shape index (κ1) is 20.7. The third-order valence-corrected chi connectivity index (χ3v) is 6.64. The molecule has 2 aliphatic rings. The minimum atomic E-state index is 0.713. The molecule has 4 nitrogen and oxygen atoms in total. The first-order valence-electron chi connectivity index (χ1n) is 11.8. The number of piperidine rings is 1. The minimum absolute atomic E-state index is 0.713. The quantitative estimate of drug-likeness (QED) is 0.289. The van der Waals surface area contributed by atoms with Gasteiger partial charge in [0.1, 0.15) is 5.82 Å². The summed E-state index contributed by atoms with van der Waals surface area (Å²) in [5, 5.41) is 3.68. The van der Waals surface area contributed by atoms with E-state index >= 15 is 0 Å². The van der Waals surface area contributed by atoms with Gasteiger partial charge in [0, 0.05) is 24.2 Å². The van der Waals surface area contributed by atoms with Crippen LogP contribution >= 0.6 is 0 Å². The Hall–Kier alpha value is -3.16.